The van der Waals surface area contributed by atoms with E-state index in [2.05, 4.69) is 30.8 Å². The van der Waals surface area contributed by atoms with Crippen LogP contribution in [-0.4, -0.2) is 9.55 Å². The van der Waals surface area contributed by atoms with E-state index in [0.717, 1.165) is 17.2 Å². The van der Waals surface area contributed by atoms with E-state index in [1.54, 1.807) is 6.07 Å². The van der Waals surface area contributed by atoms with Crippen molar-refractivity contribution >= 4 is 27.6 Å². The first-order valence-corrected chi connectivity index (χ1v) is 8.20. The number of nitrogens with zero attached hydrogens (tertiary/aromatic N) is 2. The van der Waals surface area contributed by atoms with Gasteiger partial charge in [-0.05, 0) is 53.4 Å². The molecule has 2 aromatic rings. The van der Waals surface area contributed by atoms with Gasteiger partial charge in [0.1, 0.15) is 5.82 Å². The molecule has 1 heterocycles. The molecule has 3 rings (SSSR count). The molecule has 3 nitrogen and oxygen atoms in total. The number of imidazole rings is 1. The van der Waals surface area contributed by atoms with Crippen molar-refractivity contribution in [1.29, 1.82) is 0 Å². The fraction of sp³-hybridized carbons (Fsp3) is 0.438. The van der Waals surface area contributed by atoms with Gasteiger partial charge < -0.3 is 9.88 Å². The average Bonchev–Trinajstić information content (AvgIpc) is 2.94. The minimum atomic E-state index is -0.242. The second-order valence-electron chi connectivity index (χ2n) is 5.66. The monoisotopic (exact) mass is 351 g/mol. The lowest BCUT2D eigenvalue weighted by molar-refractivity contribution is 0.356. The molecule has 0 amide bonds. The summed E-state index contributed by atoms with van der Waals surface area (Å²) in [5, 5.41) is 3.34. The van der Waals surface area contributed by atoms with Crippen LogP contribution < -0.4 is 5.32 Å². The number of halogens is 2. The Kier molecular flexibility index (Phi) is 4.29. The van der Waals surface area contributed by atoms with Crippen molar-refractivity contribution in [2.75, 3.05) is 5.32 Å². The summed E-state index contributed by atoms with van der Waals surface area (Å²) in [5.41, 5.74) is 1.75. The Morgan fingerprint density at radius 3 is 2.81 bits per heavy atom. The van der Waals surface area contributed by atoms with Gasteiger partial charge in [0.2, 0.25) is 5.95 Å². The predicted molar refractivity (Wildman–Crippen MR) is 86.5 cm³/mol. The van der Waals surface area contributed by atoms with Gasteiger partial charge in [0.25, 0.3) is 0 Å². The van der Waals surface area contributed by atoms with Gasteiger partial charge in [-0.25, -0.2) is 9.37 Å². The molecule has 1 aromatic heterocycles. The summed E-state index contributed by atoms with van der Waals surface area (Å²) in [6.07, 6.45) is 10.2. The molecule has 0 spiro atoms. The number of nitrogens with one attached hydrogen (secondary N) is 1. The number of aryl methyl sites for hydroxylation is 1. The van der Waals surface area contributed by atoms with E-state index in [1.807, 2.05) is 19.3 Å². The summed E-state index contributed by atoms with van der Waals surface area (Å²) in [6, 6.07) is 3.82. The van der Waals surface area contributed by atoms with Crippen LogP contribution in [0.15, 0.2) is 29.0 Å². The van der Waals surface area contributed by atoms with Crippen LogP contribution in [0, 0.1) is 12.7 Å². The Bertz CT molecular complexity index is 632. The van der Waals surface area contributed by atoms with Gasteiger partial charge in [-0.2, -0.15) is 0 Å². The summed E-state index contributed by atoms with van der Waals surface area (Å²) >= 11 is 3.24. The Morgan fingerprint density at radius 2 is 2.05 bits per heavy atom. The number of benzene rings is 1. The smallest absolute Gasteiger partial charge is 0.207 e. The molecule has 1 aromatic carbocycles. The minimum absolute atomic E-state index is 0.242. The van der Waals surface area contributed by atoms with Gasteiger partial charge in [-0.15, -0.1) is 0 Å². The van der Waals surface area contributed by atoms with Crippen LogP contribution in [0.5, 0.6) is 0 Å². The van der Waals surface area contributed by atoms with Gasteiger partial charge in [-0.1, -0.05) is 19.3 Å². The molecule has 0 bridgehead atoms. The second kappa shape index (κ2) is 6.18. The molecule has 1 N–H and O–H groups in total. The third-order valence-corrected chi connectivity index (χ3v) is 4.76. The SMILES string of the molecule is Cc1cc(F)c(Br)cc1Nc1nccn1C1CCCCC1. The molecule has 0 unspecified atom stereocenters. The lowest BCUT2D eigenvalue weighted by atomic mass is 9.95. The molecular weight excluding hydrogens is 333 g/mol. The first kappa shape index (κ1) is 14.6. The number of anilines is 2. The van der Waals surface area contributed by atoms with Crippen LogP contribution in [0.25, 0.3) is 0 Å². The summed E-state index contributed by atoms with van der Waals surface area (Å²) in [5.74, 6) is 0.595. The number of hydrogen-bond donors (Lipinski definition) is 1. The third-order valence-electron chi connectivity index (χ3n) is 4.15. The van der Waals surface area contributed by atoms with Gasteiger partial charge >= 0.3 is 0 Å². The molecule has 21 heavy (non-hydrogen) atoms. The first-order chi connectivity index (χ1) is 10.1. The molecule has 0 saturated heterocycles. The van der Waals surface area contributed by atoms with Crippen molar-refractivity contribution in [3.8, 4) is 0 Å². The largest absolute Gasteiger partial charge is 0.325 e. The molecule has 1 aliphatic rings. The van der Waals surface area contributed by atoms with E-state index in [0.29, 0.717) is 10.5 Å². The molecule has 0 atom stereocenters. The number of rotatable bonds is 3. The zero-order chi connectivity index (χ0) is 14.8. The zero-order valence-electron chi connectivity index (χ0n) is 12.1. The van der Waals surface area contributed by atoms with Gasteiger partial charge in [0.15, 0.2) is 0 Å². The van der Waals surface area contributed by atoms with Gasteiger partial charge in [0, 0.05) is 24.1 Å². The quantitative estimate of drug-likeness (QED) is 0.808. The highest BCUT2D eigenvalue weighted by Gasteiger charge is 2.18. The van der Waals surface area contributed by atoms with E-state index in [4.69, 9.17) is 0 Å². The normalized spacial score (nSPS) is 16.1. The summed E-state index contributed by atoms with van der Waals surface area (Å²) in [6.45, 7) is 1.89. The summed E-state index contributed by atoms with van der Waals surface area (Å²) in [4.78, 5) is 4.42. The van der Waals surface area contributed by atoms with E-state index >= 15 is 0 Å². The number of aromatic nitrogens is 2. The highest BCUT2D eigenvalue weighted by atomic mass is 79.9. The van der Waals surface area contributed by atoms with Crippen molar-refractivity contribution in [3.63, 3.8) is 0 Å². The lowest BCUT2D eigenvalue weighted by Gasteiger charge is -2.25. The highest BCUT2D eigenvalue weighted by molar-refractivity contribution is 9.10. The van der Waals surface area contributed by atoms with Crippen LogP contribution in [0.1, 0.15) is 43.7 Å². The van der Waals surface area contributed by atoms with Crippen molar-refractivity contribution in [3.05, 3.63) is 40.4 Å². The summed E-state index contributed by atoms with van der Waals surface area (Å²) in [7, 11) is 0. The maximum atomic E-state index is 13.5. The van der Waals surface area contributed by atoms with Crippen LogP contribution in [0.2, 0.25) is 0 Å². The molecule has 5 heteroatoms. The van der Waals surface area contributed by atoms with E-state index in [9.17, 15) is 4.39 Å². The zero-order valence-corrected chi connectivity index (χ0v) is 13.7. The predicted octanol–water partition coefficient (Wildman–Crippen LogP) is 5.34. The van der Waals surface area contributed by atoms with Crippen LogP contribution >= 0.6 is 15.9 Å². The van der Waals surface area contributed by atoms with Gasteiger partial charge in [0.05, 0.1) is 4.47 Å². The van der Waals surface area contributed by atoms with Crippen LogP contribution in [0.3, 0.4) is 0 Å². The van der Waals surface area contributed by atoms with E-state index in [-0.39, 0.29) is 5.82 Å². The molecule has 1 fully saturated rings. The number of hydrogen-bond acceptors (Lipinski definition) is 2. The first-order valence-electron chi connectivity index (χ1n) is 7.40. The standard InChI is InChI=1S/C16H19BrFN3/c1-11-9-14(18)13(17)10-15(11)20-16-19-7-8-21(16)12-5-3-2-4-6-12/h7-10,12H,2-6H2,1H3,(H,19,20). The fourth-order valence-corrected chi connectivity index (χ4v) is 3.31. The third kappa shape index (κ3) is 3.12. The maximum Gasteiger partial charge on any atom is 0.207 e. The van der Waals surface area contributed by atoms with Gasteiger partial charge in [-0.3, -0.25) is 0 Å². The van der Waals surface area contributed by atoms with Crippen molar-refractivity contribution in [1.82, 2.24) is 9.55 Å². The molecular formula is C16H19BrFN3. The van der Waals surface area contributed by atoms with Crippen molar-refractivity contribution in [2.45, 2.75) is 45.1 Å². The summed E-state index contributed by atoms with van der Waals surface area (Å²) < 4.78 is 16.2. The minimum Gasteiger partial charge on any atom is -0.325 e. The molecule has 1 saturated carbocycles. The topological polar surface area (TPSA) is 29.9 Å². The Hall–Kier alpha value is -1.36. The molecule has 112 valence electrons. The van der Waals surface area contributed by atoms with E-state index < -0.39 is 0 Å². The second-order valence-corrected chi connectivity index (χ2v) is 6.51. The van der Waals surface area contributed by atoms with Crippen LogP contribution in [-0.2, 0) is 0 Å². The van der Waals surface area contributed by atoms with Crippen LogP contribution in [0.4, 0.5) is 16.0 Å². The fourth-order valence-electron chi connectivity index (χ4n) is 2.97. The molecule has 0 aliphatic heterocycles. The average molecular weight is 352 g/mol. The highest BCUT2D eigenvalue weighted by Crippen LogP contribution is 2.32. The Labute approximate surface area is 132 Å². The maximum absolute atomic E-state index is 13.5. The Balaban J connectivity index is 1.85. The molecule has 1 aliphatic carbocycles. The Morgan fingerprint density at radius 1 is 1.29 bits per heavy atom. The molecule has 0 radical (unpaired) electrons. The van der Waals surface area contributed by atoms with E-state index in [1.165, 1.54) is 38.2 Å². The van der Waals surface area contributed by atoms with Crippen molar-refractivity contribution < 1.29 is 4.39 Å². The van der Waals surface area contributed by atoms with Crippen molar-refractivity contribution in [2.24, 2.45) is 0 Å². The lowest BCUT2D eigenvalue weighted by Crippen LogP contribution is -2.14.